The van der Waals surface area contributed by atoms with Crippen LogP contribution in [-0.4, -0.2) is 58.4 Å². The lowest BCUT2D eigenvalue weighted by Gasteiger charge is -2.54. The number of carbonyl (C=O) groups is 1. The second kappa shape index (κ2) is 8.15. The van der Waals surface area contributed by atoms with Crippen molar-refractivity contribution in [2.45, 2.75) is 108 Å². The molecule has 13 atom stereocenters. The summed E-state index contributed by atoms with van der Waals surface area (Å²) in [6.45, 7) is 1.91. The predicted octanol–water partition coefficient (Wildman–Crippen LogP) is 2.64. The fourth-order valence-electron chi connectivity index (χ4n) is 11.8. The maximum absolute atomic E-state index is 13.5. The van der Waals surface area contributed by atoms with E-state index in [2.05, 4.69) is 4.90 Å². The van der Waals surface area contributed by atoms with Crippen LogP contribution in [0.15, 0.2) is 0 Å². The minimum atomic E-state index is -0.610. The van der Waals surface area contributed by atoms with Crippen molar-refractivity contribution in [3.8, 4) is 0 Å². The molecule has 1 aliphatic heterocycles. The van der Waals surface area contributed by atoms with Crippen molar-refractivity contribution in [3.63, 3.8) is 0 Å². The zero-order valence-corrected chi connectivity index (χ0v) is 21.4. The Morgan fingerprint density at radius 1 is 0.743 bits per heavy atom. The van der Waals surface area contributed by atoms with Gasteiger partial charge < -0.3 is 26.6 Å². The summed E-state index contributed by atoms with van der Waals surface area (Å²) < 4.78 is 0. The highest BCUT2D eigenvalue weighted by atomic mass is 16.3. The van der Waals surface area contributed by atoms with Crippen molar-refractivity contribution >= 4 is 5.91 Å². The Labute approximate surface area is 210 Å². The van der Waals surface area contributed by atoms with Gasteiger partial charge in [-0.15, -0.1) is 0 Å². The fourth-order valence-corrected chi connectivity index (χ4v) is 11.8. The molecule has 6 nitrogen and oxygen atoms in total. The highest BCUT2D eigenvalue weighted by Gasteiger charge is 2.69. The standard InChI is InChI=1S/C29H47N3O3/c30-25-17-9-19(20-10-18-12-22(20)29(26(18)31)14-23(33)24(34)15-29)21(11-17)28(25)6-4-5-16(13-28)27(35)32-7-2-1-3-8-32/h16-26,33-34H,1-15,30-31H2/t16?,17-,18?,19?,20?,21-,22?,23-,24?,25+,26+,28-,29?/m0/s1. The van der Waals surface area contributed by atoms with Crippen molar-refractivity contribution in [2.75, 3.05) is 13.1 Å². The quantitative estimate of drug-likeness (QED) is 0.480. The molecule has 4 bridgehead atoms. The zero-order valence-electron chi connectivity index (χ0n) is 21.4. The van der Waals surface area contributed by atoms with Crippen molar-refractivity contribution in [2.24, 2.45) is 63.7 Å². The molecule has 0 aromatic rings. The Balaban J connectivity index is 1.13. The molecule has 7 rings (SSSR count). The van der Waals surface area contributed by atoms with Crippen LogP contribution in [0.5, 0.6) is 0 Å². The van der Waals surface area contributed by atoms with Gasteiger partial charge in [0.25, 0.3) is 0 Å². The Morgan fingerprint density at radius 3 is 1.91 bits per heavy atom. The van der Waals surface area contributed by atoms with Crippen molar-refractivity contribution in [1.82, 2.24) is 4.90 Å². The topological polar surface area (TPSA) is 113 Å². The molecule has 6 N–H and O–H groups in total. The van der Waals surface area contributed by atoms with Gasteiger partial charge in [-0.2, -0.15) is 0 Å². The average molecular weight is 486 g/mol. The molecule has 7 unspecified atom stereocenters. The van der Waals surface area contributed by atoms with Gasteiger partial charge in [0.2, 0.25) is 5.91 Å². The van der Waals surface area contributed by atoms with Gasteiger partial charge in [0.05, 0.1) is 12.2 Å². The van der Waals surface area contributed by atoms with Gasteiger partial charge in [-0.25, -0.2) is 0 Å². The molecule has 6 aliphatic carbocycles. The summed E-state index contributed by atoms with van der Waals surface area (Å²) >= 11 is 0. The van der Waals surface area contributed by atoms with E-state index >= 15 is 0 Å². The number of nitrogens with zero attached hydrogens (tertiary/aromatic N) is 1. The van der Waals surface area contributed by atoms with Gasteiger partial charge in [0.1, 0.15) is 0 Å². The number of nitrogens with two attached hydrogens (primary N) is 2. The molecule has 6 heteroatoms. The second-order valence-corrected chi connectivity index (χ2v) is 14.2. The van der Waals surface area contributed by atoms with Gasteiger partial charge in [-0.1, -0.05) is 6.42 Å². The molecule has 7 fully saturated rings. The summed E-state index contributed by atoms with van der Waals surface area (Å²) in [6, 6.07) is 0.386. The Hall–Kier alpha value is -0.690. The SMILES string of the molecule is N[C@@H]1C2CC(C3C[C@H]4C[C@@H]3[C@@]3(CCCC(C(=O)N5CCCCC5)C3)[C@@H]4N)C(C2)C12CC(O)[C@@H](O)C2. The number of aliphatic hydroxyl groups is 2. The lowest BCUT2D eigenvalue weighted by Crippen LogP contribution is -2.56. The molecule has 35 heavy (non-hydrogen) atoms. The molecule has 0 radical (unpaired) electrons. The Morgan fingerprint density at radius 2 is 1.31 bits per heavy atom. The number of aliphatic hydroxyl groups excluding tert-OH is 2. The molecule has 1 heterocycles. The number of fused-ring (bicyclic) bond motifs is 6. The first-order valence-electron chi connectivity index (χ1n) is 15.0. The average Bonchev–Trinajstić information content (AvgIpc) is 3.66. The van der Waals surface area contributed by atoms with Crippen LogP contribution in [0.4, 0.5) is 0 Å². The number of hydrogen-bond donors (Lipinski definition) is 4. The van der Waals surface area contributed by atoms with Crippen LogP contribution in [-0.2, 0) is 4.79 Å². The minimum absolute atomic E-state index is 0.0666. The van der Waals surface area contributed by atoms with Crippen molar-refractivity contribution in [1.29, 1.82) is 0 Å². The van der Waals surface area contributed by atoms with Crippen LogP contribution in [0.3, 0.4) is 0 Å². The van der Waals surface area contributed by atoms with Crippen LogP contribution < -0.4 is 11.5 Å². The summed E-state index contributed by atoms with van der Waals surface area (Å²) in [5, 5.41) is 21.0. The first-order chi connectivity index (χ1) is 16.8. The van der Waals surface area contributed by atoms with Crippen LogP contribution >= 0.6 is 0 Å². The van der Waals surface area contributed by atoms with E-state index in [9.17, 15) is 15.0 Å². The summed E-state index contributed by atoms with van der Waals surface area (Å²) in [6.07, 6.45) is 13.1. The van der Waals surface area contributed by atoms with Crippen LogP contribution in [0.25, 0.3) is 0 Å². The molecule has 2 spiro atoms. The molecule has 0 aromatic carbocycles. The smallest absolute Gasteiger partial charge is 0.225 e. The van der Waals surface area contributed by atoms with Crippen LogP contribution in [0, 0.1) is 52.3 Å². The molecular formula is C29H47N3O3. The van der Waals surface area contributed by atoms with E-state index in [4.69, 9.17) is 11.5 Å². The minimum Gasteiger partial charge on any atom is -0.390 e. The van der Waals surface area contributed by atoms with Gasteiger partial charge in [0, 0.05) is 31.1 Å². The first kappa shape index (κ1) is 23.4. The zero-order chi connectivity index (χ0) is 24.1. The highest BCUT2D eigenvalue weighted by molar-refractivity contribution is 5.79. The van der Waals surface area contributed by atoms with Crippen molar-refractivity contribution in [3.05, 3.63) is 0 Å². The number of likely N-dealkylation sites (tertiary alicyclic amines) is 1. The van der Waals surface area contributed by atoms with Crippen molar-refractivity contribution < 1.29 is 15.0 Å². The molecule has 6 saturated carbocycles. The van der Waals surface area contributed by atoms with E-state index in [1.165, 1.54) is 38.5 Å². The predicted molar refractivity (Wildman–Crippen MR) is 134 cm³/mol. The second-order valence-electron chi connectivity index (χ2n) is 14.2. The maximum Gasteiger partial charge on any atom is 0.225 e. The third-order valence-corrected chi connectivity index (χ3v) is 13.1. The maximum atomic E-state index is 13.5. The molecule has 7 aliphatic rings. The largest absolute Gasteiger partial charge is 0.390 e. The number of hydrogen-bond acceptors (Lipinski definition) is 5. The lowest BCUT2D eigenvalue weighted by molar-refractivity contribution is -0.141. The monoisotopic (exact) mass is 485 g/mol. The molecule has 1 saturated heterocycles. The molecule has 196 valence electrons. The highest BCUT2D eigenvalue weighted by Crippen LogP contribution is 2.72. The Bertz CT molecular complexity index is 850. The Kier molecular flexibility index (Phi) is 5.46. The third-order valence-electron chi connectivity index (χ3n) is 13.1. The van der Waals surface area contributed by atoms with Crippen LogP contribution in [0.1, 0.15) is 83.5 Å². The molecule has 0 aromatic heterocycles. The fraction of sp³-hybridized carbons (Fsp3) is 0.966. The van der Waals surface area contributed by atoms with E-state index in [1.54, 1.807) is 0 Å². The number of rotatable bonds is 2. The third kappa shape index (κ3) is 3.18. The van der Waals surface area contributed by atoms with Gasteiger partial charge in [-0.05, 0) is 123 Å². The number of amides is 1. The number of carbonyl (C=O) groups excluding carboxylic acids is 1. The summed E-state index contributed by atoms with van der Waals surface area (Å²) in [5.41, 5.74) is 14.0. The van der Waals surface area contributed by atoms with Gasteiger partial charge in [0.15, 0.2) is 0 Å². The molecular weight excluding hydrogens is 438 g/mol. The van der Waals surface area contributed by atoms with Gasteiger partial charge in [-0.3, -0.25) is 4.79 Å². The van der Waals surface area contributed by atoms with Gasteiger partial charge >= 0.3 is 0 Å². The molecule has 1 amide bonds. The lowest BCUT2D eigenvalue weighted by atomic mass is 9.52. The van der Waals surface area contributed by atoms with E-state index in [0.717, 1.165) is 45.2 Å². The van der Waals surface area contributed by atoms with E-state index in [0.29, 0.717) is 54.3 Å². The number of piperidine rings is 1. The summed E-state index contributed by atoms with van der Waals surface area (Å²) in [5.74, 6) is 4.30. The summed E-state index contributed by atoms with van der Waals surface area (Å²) in [4.78, 5) is 15.7. The normalized spacial score (nSPS) is 57.1. The van der Waals surface area contributed by atoms with E-state index < -0.39 is 12.2 Å². The van der Waals surface area contributed by atoms with E-state index in [-0.39, 0.29) is 28.8 Å². The summed E-state index contributed by atoms with van der Waals surface area (Å²) in [7, 11) is 0. The van der Waals surface area contributed by atoms with E-state index in [1.807, 2.05) is 0 Å². The first-order valence-corrected chi connectivity index (χ1v) is 15.0. The van der Waals surface area contributed by atoms with Crippen LogP contribution in [0.2, 0.25) is 0 Å².